The van der Waals surface area contributed by atoms with Crippen molar-refractivity contribution in [1.82, 2.24) is 0 Å². The van der Waals surface area contributed by atoms with Crippen LogP contribution in [0.25, 0.3) is 0 Å². The van der Waals surface area contributed by atoms with Gasteiger partial charge in [0, 0.05) is 0 Å². The van der Waals surface area contributed by atoms with Crippen molar-refractivity contribution in [3.05, 3.63) is 65.7 Å². The molecule has 0 aliphatic rings. The van der Waals surface area contributed by atoms with E-state index in [1.54, 1.807) is 24.3 Å². The molecule has 0 amide bonds. The molecule has 0 aliphatic heterocycles. The summed E-state index contributed by atoms with van der Waals surface area (Å²) in [6.07, 6.45) is 2.06. The maximum atomic E-state index is 11.8. The Morgan fingerprint density at radius 2 is 1.73 bits per heavy atom. The number of aromatic hydroxyl groups is 1. The molecule has 0 aromatic heterocycles. The highest BCUT2D eigenvalue weighted by molar-refractivity contribution is 5.75. The summed E-state index contributed by atoms with van der Waals surface area (Å²) >= 11 is 0. The second kappa shape index (κ2) is 8.20. The molecule has 0 saturated heterocycles. The van der Waals surface area contributed by atoms with E-state index in [1.165, 1.54) is 5.56 Å². The van der Waals surface area contributed by atoms with Crippen molar-refractivity contribution in [2.75, 3.05) is 6.61 Å². The van der Waals surface area contributed by atoms with E-state index >= 15 is 0 Å². The van der Waals surface area contributed by atoms with Gasteiger partial charge in [-0.2, -0.15) is 0 Å². The number of esters is 1. The summed E-state index contributed by atoms with van der Waals surface area (Å²) in [5.74, 6) is -0.193. The molecule has 1 atom stereocenters. The minimum Gasteiger partial charge on any atom is -0.508 e. The lowest BCUT2D eigenvalue weighted by molar-refractivity contribution is -0.145. The van der Waals surface area contributed by atoms with Gasteiger partial charge in [-0.3, -0.25) is 4.79 Å². The van der Waals surface area contributed by atoms with Crippen molar-refractivity contribution in [3.63, 3.8) is 0 Å². The number of phenolic OH excluding ortho intramolecular Hbond substituents is 1. The molecule has 0 radical (unpaired) electrons. The van der Waals surface area contributed by atoms with Crippen LogP contribution in [0, 0.1) is 0 Å². The lowest BCUT2D eigenvalue weighted by Gasteiger charge is -2.11. The van der Waals surface area contributed by atoms with Crippen LogP contribution in [-0.2, 0) is 22.4 Å². The van der Waals surface area contributed by atoms with Gasteiger partial charge in [-0.25, -0.2) is 0 Å². The van der Waals surface area contributed by atoms with E-state index in [1.807, 2.05) is 18.2 Å². The van der Waals surface area contributed by atoms with Gasteiger partial charge in [-0.1, -0.05) is 42.5 Å². The Hall–Kier alpha value is -2.33. The Kier molecular flexibility index (Phi) is 5.98. The Labute approximate surface area is 130 Å². The molecule has 0 saturated carbocycles. The van der Waals surface area contributed by atoms with Crippen LogP contribution in [0.4, 0.5) is 0 Å². The number of nitrogens with two attached hydrogens (primary N) is 1. The van der Waals surface area contributed by atoms with Gasteiger partial charge < -0.3 is 15.6 Å². The summed E-state index contributed by atoms with van der Waals surface area (Å²) in [5, 5.41) is 9.21. The van der Waals surface area contributed by atoms with Crippen LogP contribution in [0.3, 0.4) is 0 Å². The number of carbonyl (C=O) groups excluding carboxylic acids is 1. The first-order chi connectivity index (χ1) is 10.6. The van der Waals surface area contributed by atoms with Gasteiger partial charge in [0.15, 0.2) is 0 Å². The van der Waals surface area contributed by atoms with Crippen LogP contribution in [0.1, 0.15) is 17.5 Å². The van der Waals surface area contributed by atoms with Gasteiger partial charge in [0.1, 0.15) is 11.8 Å². The zero-order valence-corrected chi connectivity index (χ0v) is 12.4. The van der Waals surface area contributed by atoms with Crippen molar-refractivity contribution < 1.29 is 14.6 Å². The first kappa shape index (κ1) is 16.0. The number of hydrogen-bond acceptors (Lipinski definition) is 4. The second-order valence-corrected chi connectivity index (χ2v) is 5.23. The van der Waals surface area contributed by atoms with Crippen molar-refractivity contribution in [3.8, 4) is 5.75 Å². The van der Waals surface area contributed by atoms with Crippen LogP contribution < -0.4 is 5.73 Å². The molecule has 3 N–H and O–H groups in total. The zero-order valence-electron chi connectivity index (χ0n) is 12.4. The van der Waals surface area contributed by atoms with Crippen LogP contribution in [-0.4, -0.2) is 23.7 Å². The fourth-order valence-electron chi connectivity index (χ4n) is 2.17. The summed E-state index contributed by atoms with van der Waals surface area (Å²) in [6, 6.07) is 16.0. The molecular weight excluding hydrogens is 278 g/mol. The number of phenols is 1. The van der Waals surface area contributed by atoms with E-state index in [9.17, 15) is 9.90 Å². The molecule has 22 heavy (non-hydrogen) atoms. The molecule has 0 unspecified atom stereocenters. The van der Waals surface area contributed by atoms with Gasteiger partial charge in [-0.05, 0) is 42.5 Å². The van der Waals surface area contributed by atoms with Crippen LogP contribution in [0.15, 0.2) is 54.6 Å². The third kappa shape index (κ3) is 5.22. The number of hydrogen-bond donors (Lipinski definition) is 2. The molecule has 116 valence electrons. The van der Waals surface area contributed by atoms with Crippen LogP contribution in [0.2, 0.25) is 0 Å². The summed E-state index contributed by atoms with van der Waals surface area (Å²) in [5.41, 5.74) is 7.97. The third-order valence-electron chi connectivity index (χ3n) is 3.39. The predicted octanol–water partition coefficient (Wildman–Crippen LogP) is 2.44. The van der Waals surface area contributed by atoms with Gasteiger partial charge in [0.2, 0.25) is 0 Å². The molecule has 4 heteroatoms. The molecule has 0 bridgehead atoms. The third-order valence-corrected chi connectivity index (χ3v) is 3.39. The number of aryl methyl sites for hydroxylation is 1. The van der Waals surface area contributed by atoms with Crippen molar-refractivity contribution >= 4 is 5.97 Å². The summed E-state index contributed by atoms with van der Waals surface area (Å²) in [4.78, 5) is 11.8. The minimum atomic E-state index is -0.679. The molecular formula is C18H21NO3. The van der Waals surface area contributed by atoms with Gasteiger partial charge in [0.05, 0.1) is 6.61 Å². The fraction of sp³-hybridized carbons (Fsp3) is 0.278. The minimum absolute atomic E-state index is 0.195. The topological polar surface area (TPSA) is 72.5 Å². The van der Waals surface area contributed by atoms with Crippen molar-refractivity contribution in [2.45, 2.75) is 25.3 Å². The molecule has 0 aliphatic carbocycles. The predicted molar refractivity (Wildman–Crippen MR) is 85.5 cm³/mol. The Balaban J connectivity index is 1.69. The Morgan fingerprint density at radius 1 is 1.05 bits per heavy atom. The second-order valence-electron chi connectivity index (χ2n) is 5.23. The molecule has 2 rings (SSSR count). The molecule has 2 aromatic rings. The average molecular weight is 299 g/mol. The smallest absolute Gasteiger partial charge is 0.323 e. The number of ether oxygens (including phenoxy) is 1. The van der Waals surface area contributed by atoms with Crippen molar-refractivity contribution in [2.24, 2.45) is 5.73 Å². The normalized spacial score (nSPS) is 11.9. The maximum Gasteiger partial charge on any atom is 0.323 e. The largest absolute Gasteiger partial charge is 0.508 e. The summed E-state index contributed by atoms with van der Waals surface area (Å²) in [6.45, 7) is 0.372. The van der Waals surface area contributed by atoms with Crippen LogP contribution >= 0.6 is 0 Å². The van der Waals surface area contributed by atoms with Crippen molar-refractivity contribution in [1.29, 1.82) is 0 Å². The quantitative estimate of drug-likeness (QED) is 0.608. The van der Waals surface area contributed by atoms with Gasteiger partial charge in [-0.15, -0.1) is 0 Å². The van der Waals surface area contributed by atoms with E-state index in [0.717, 1.165) is 18.4 Å². The highest BCUT2D eigenvalue weighted by Gasteiger charge is 2.15. The SMILES string of the molecule is N[C@@H](Cc1ccc(O)cc1)C(=O)OCCCc1ccccc1. The molecule has 0 heterocycles. The molecule has 4 nitrogen and oxygen atoms in total. The maximum absolute atomic E-state index is 11.8. The average Bonchev–Trinajstić information content (AvgIpc) is 2.54. The Bertz CT molecular complexity index is 581. The molecule has 2 aromatic carbocycles. The number of benzene rings is 2. The van der Waals surface area contributed by atoms with Crippen LogP contribution in [0.5, 0.6) is 5.75 Å². The lowest BCUT2D eigenvalue weighted by Crippen LogP contribution is -2.34. The highest BCUT2D eigenvalue weighted by Crippen LogP contribution is 2.11. The summed E-state index contributed by atoms with van der Waals surface area (Å²) < 4.78 is 5.21. The van der Waals surface area contributed by atoms with E-state index in [4.69, 9.17) is 10.5 Å². The first-order valence-corrected chi connectivity index (χ1v) is 7.39. The lowest BCUT2D eigenvalue weighted by atomic mass is 10.1. The fourth-order valence-corrected chi connectivity index (χ4v) is 2.17. The van der Waals surface area contributed by atoms with Gasteiger partial charge >= 0.3 is 5.97 Å². The summed E-state index contributed by atoms with van der Waals surface area (Å²) in [7, 11) is 0. The highest BCUT2D eigenvalue weighted by atomic mass is 16.5. The Morgan fingerprint density at radius 3 is 2.41 bits per heavy atom. The monoisotopic (exact) mass is 299 g/mol. The van der Waals surface area contributed by atoms with E-state index in [-0.39, 0.29) is 11.7 Å². The van der Waals surface area contributed by atoms with E-state index in [0.29, 0.717) is 13.0 Å². The van der Waals surface area contributed by atoms with E-state index in [2.05, 4.69) is 12.1 Å². The van der Waals surface area contributed by atoms with Gasteiger partial charge in [0.25, 0.3) is 0 Å². The molecule has 0 spiro atoms. The number of carbonyl (C=O) groups is 1. The molecule has 0 fully saturated rings. The first-order valence-electron chi connectivity index (χ1n) is 7.39. The standard InChI is InChI=1S/C18H21NO3/c19-17(13-15-8-10-16(20)11-9-15)18(21)22-12-4-7-14-5-2-1-3-6-14/h1-3,5-6,8-11,17,20H,4,7,12-13,19H2/t17-/m0/s1. The number of rotatable bonds is 7. The van der Waals surface area contributed by atoms with E-state index < -0.39 is 6.04 Å². The zero-order chi connectivity index (χ0) is 15.8.